The summed E-state index contributed by atoms with van der Waals surface area (Å²) in [6.07, 6.45) is -10.0. The molecule has 1 aromatic heterocycles. The summed E-state index contributed by atoms with van der Waals surface area (Å²) >= 11 is 0. The van der Waals surface area contributed by atoms with E-state index in [4.69, 9.17) is 15.8 Å². The van der Waals surface area contributed by atoms with E-state index in [1.54, 1.807) is 0 Å². The maximum absolute atomic E-state index is 12.8. The van der Waals surface area contributed by atoms with E-state index in [-0.39, 0.29) is 10.6 Å². The van der Waals surface area contributed by atoms with Crippen molar-refractivity contribution in [1.82, 2.24) is 15.5 Å². The molecule has 1 aliphatic rings. The van der Waals surface area contributed by atoms with Crippen LogP contribution in [0.1, 0.15) is 26.7 Å². The molecule has 2 heterocycles. The van der Waals surface area contributed by atoms with Crippen molar-refractivity contribution in [3.8, 4) is 5.75 Å². The van der Waals surface area contributed by atoms with Crippen molar-refractivity contribution < 1.29 is 29.0 Å². The molecule has 2 rings (SSSR count). The van der Waals surface area contributed by atoms with Gasteiger partial charge in [0.25, 0.3) is 0 Å². The van der Waals surface area contributed by atoms with Crippen LogP contribution in [0.25, 0.3) is 0 Å². The summed E-state index contributed by atoms with van der Waals surface area (Å²) in [6, 6.07) is -2.58. The summed E-state index contributed by atoms with van der Waals surface area (Å²) in [5.74, 6) is -1.45. The second-order valence-corrected chi connectivity index (χ2v) is 3.40. The third-order valence-electron chi connectivity index (χ3n) is 2.12. The highest BCUT2D eigenvalue weighted by Gasteiger charge is 2.34. The lowest BCUT2D eigenvalue weighted by Crippen LogP contribution is -2.35. The molecule has 19 heavy (non-hydrogen) atoms. The number of hydrogen-bond acceptors (Lipinski definition) is 5. The van der Waals surface area contributed by atoms with E-state index in [1.165, 1.54) is 0 Å². The van der Waals surface area contributed by atoms with E-state index in [9.17, 15) is 13.2 Å². The van der Waals surface area contributed by atoms with E-state index in [0.29, 0.717) is 6.07 Å². The fourth-order valence-electron chi connectivity index (χ4n) is 1.25. The number of aromatic nitrogens is 2. The number of ether oxygens (including phenoxy) is 1. The standard InChI is InChI=1S/C11H15F3N4O/c1-19-8-6-9(11(12,13)14)17-18-10(8)16-7-2-4-15-5-3-7/h6-7,15H,2-5H2,1H3,(H,16,18)/i2D,3D2,5D2,7D/hD2. The molecule has 1 saturated heterocycles. The number of halogens is 3. The van der Waals surface area contributed by atoms with Crippen molar-refractivity contribution in [3.63, 3.8) is 0 Å². The fourth-order valence-corrected chi connectivity index (χ4v) is 1.25. The third kappa shape index (κ3) is 3.46. The largest absolute Gasteiger partial charge is 0.493 e. The van der Waals surface area contributed by atoms with Gasteiger partial charge in [0.1, 0.15) is 1.41 Å². The van der Waals surface area contributed by atoms with E-state index in [2.05, 4.69) is 10.2 Å². The summed E-state index contributed by atoms with van der Waals surface area (Å²) in [5, 5.41) is 6.23. The van der Waals surface area contributed by atoms with E-state index in [0.717, 1.165) is 7.11 Å². The number of alkyl halides is 3. The summed E-state index contributed by atoms with van der Waals surface area (Å²) in [7, 11) is 0.962. The normalized spacial score (nSPS) is 40.3. The van der Waals surface area contributed by atoms with Gasteiger partial charge < -0.3 is 15.4 Å². The maximum atomic E-state index is 12.8. The highest BCUT2D eigenvalue weighted by molar-refractivity contribution is 5.50. The maximum Gasteiger partial charge on any atom is 0.435 e. The number of piperidine rings is 1. The quantitative estimate of drug-likeness (QED) is 0.884. The van der Waals surface area contributed by atoms with Gasteiger partial charge in [-0.05, 0) is 25.8 Å². The minimum absolute atomic E-state index is 0.0263. The van der Waals surface area contributed by atoms with E-state index >= 15 is 0 Å². The molecule has 2 N–H and O–H groups in total. The van der Waals surface area contributed by atoms with Gasteiger partial charge in [0.05, 0.1) is 8.48 Å². The van der Waals surface area contributed by atoms with Crippen LogP contribution in [0, 0.1) is 0 Å². The molecule has 1 aromatic rings. The Balaban J connectivity index is 2.60. The molecule has 0 aromatic carbocycles. The van der Waals surface area contributed by atoms with Gasteiger partial charge in [-0.1, -0.05) is 0 Å². The third-order valence-corrected chi connectivity index (χ3v) is 2.12. The first-order valence-electron chi connectivity index (χ1n) is 9.06. The smallest absolute Gasteiger partial charge is 0.435 e. The minimum Gasteiger partial charge on any atom is -0.493 e. The Morgan fingerprint density at radius 2 is 2.47 bits per heavy atom. The Bertz CT molecular complexity index is 723. The first-order valence-corrected chi connectivity index (χ1v) is 5.09. The van der Waals surface area contributed by atoms with Gasteiger partial charge in [0, 0.05) is 18.9 Å². The first kappa shape index (κ1) is 6.74. The number of nitrogens with zero attached hydrogens (tertiary/aromatic N) is 2. The molecule has 1 fully saturated rings. The number of anilines is 1. The summed E-state index contributed by atoms with van der Waals surface area (Å²) in [4.78, 5) is 0. The molecule has 0 radical (unpaired) electrons. The van der Waals surface area contributed by atoms with Crippen LogP contribution in [0.15, 0.2) is 6.07 Å². The zero-order chi connectivity index (χ0) is 21.0. The van der Waals surface area contributed by atoms with Crippen molar-refractivity contribution in [3.05, 3.63) is 11.8 Å². The summed E-state index contributed by atoms with van der Waals surface area (Å²) < 4.78 is 106. The van der Waals surface area contributed by atoms with E-state index < -0.39 is 55.3 Å². The SMILES string of the molecule is [2H]C1CN([2H])C([2H])([2H])C([2H])([2H])C1([2H])N([2H])c1nnc(C(F)(F)F)cc1OC. The predicted octanol–water partition coefficient (Wildman–Crippen LogP) is 1.67. The zero-order valence-electron chi connectivity index (χ0n) is 17.7. The van der Waals surface area contributed by atoms with Gasteiger partial charge in [-0.15, -0.1) is 10.2 Å². The van der Waals surface area contributed by atoms with Crippen LogP contribution in [0.4, 0.5) is 19.0 Å². The molecule has 2 atom stereocenters. The van der Waals surface area contributed by atoms with Gasteiger partial charge in [0.15, 0.2) is 18.7 Å². The molecule has 0 spiro atoms. The van der Waals surface area contributed by atoms with Crippen LogP contribution in [-0.2, 0) is 6.18 Å². The Labute approximate surface area is 119 Å². The van der Waals surface area contributed by atoms with Gasteiger partial charge in [-0.25, -0.2) is 0 Å². The van der Waals surface area contributed by atoms with Crippen molar-refractivity contribution in [2.45, 2.75) is 25.0 Å². The van der Waals surface area contributed by atoms with Crippen LogP contribution in [0.5, 0.6) is 5.75 Å². The first-order chi connectivity index (χ1) is 12.1. The minimum atomic E-state index is -4.87. The molecular formula is C11H15F3N4O. The molecule has 5 nitrogen and oxygen atoms in total. The summed E-state index contributed by atoms with van der Waals surface area (Å²) in [6.45, 7) is -3.81. The van der Waals surface area contributed by atoms with Crippen LogP contribution in [-0.4, -0.2) is 36.4 Å². The van der Waals surface area contributed by atoms with Gasteiger partial charge in [0.2, 0.25) is 0 Å². The lowest BCUT2D eigenvalue weighted by atomic mass is 10.1. The molecule has 1 aliphatic heterocycles. The molecule has 2 unspecified atom stereocenters. The second kappa shape index (κ2) is 5.60. The molecular weight excluding hydrogens is 261 g/mol. The molecule has 0 bridgehead atoms. The Kier molecular flexibility index (Phi) is 1.99. The molecule has 8 heteroatoms. The van der Waals surface area contributed by atoms with Gasteiger partial charge in [-0.2, -0.15) is 13.2 Å². The monoisotopic (exact) mass is 284 g/mol. The van der Waals surface area contributed by atoms with Crippen LogP contribution in [0.2, 0.25) is 2.82 Å². The Morgan fingerprint density at radius 1 is 1.68 bits per heavy atom. The number of rotatable bonds is 3. The lowest BCUT2D eigenvalue weighted by molar-refractivity contribution is -0.141. The van der Waals surface area contributed by atoms with Crippen LogP contribution in [0.3, 0.4) is 0 Å². The van der Waals surface area contributed by atoms with Crippen molar-refractivity contribution >= 4 is 5.82 Å². The molecule has 0 aliphatic carbocycles. The fraction of sp³-hybridized carbons (Fsp3) is 0.636. The second-order valence-electron chi connectivity index (χ2n) is 3.40. The lowest BCUT2D eigenvalue weighted by Gasteiger charge is -2.24. The highest BCUT2D eigenvalue weighted by atomic mass is 19.4. The van der Waals surface area contributed by atoms with Gasteiger partial charge in [-0.3, -0.25) is 0 Å². The summed E-state index contributed by atoms with van der Waals surface area (Å²) in [5.41, 5.74) is -1.45. The van der Waals surface area contributed by atoms with Crippen LogP contribution < -0.4 is 15.4 Å². The number of methoxy groups -OCH3 is 1. The van der Waals surface area contributed by atoms with Gasteiger partial charge >= 0.3 is 6.18 Å². The topological polar surface area (TPSA) is 59.1 Å². The molecule has 106 valence electrons. The Morgan fingerprint density at radius 3 is 3.16 bits per heavy atom. The predicted molar refractivity (Wildman–Crippen MR) is 63.1 cm³/mol. The van der Waals surface area contributed by atoms with Crippen molar-refractivity contribution in [2.24, 2.45) is 0 Å². The van der Waals surface area contributed by atoms with Crippen molar-refractivity contribution in [1.29, 1.82) is 0 Å². The number of hydrogen-bond donors (Lipinski definition) is 2. The molecule has 0 amide bonds. The van der Waals surface area contributed by atoms with Crippen molar-refractivity contribution in [2.75, 3.05) is 25.5 Å². The zero-order valence-corrected chi connectivity index (χ0v) is 9.69. The highest BCUT2D eigenvalue weighted by Crippen LogP contribution is 2.32. The average Bonchev–Trinajstić information content (AvgIpc) is 2.57. The van der Waals surface area contributed by atoms with Crippen LogP contribution >= 0.6 is 0 Å². The number of nitrogens with one attached hydrogen (secondary N) is 2. The average molecular weight is 284 g/mol. The van der Waals surface area contributed by atoms with E-state index in [1.807, 2.05) is 0 Å². The molecule has 0 saturated carbocycles. The Hall–Kier alpha value is -1.57.